The quantitative estimate of drug-likeness (QED) is 0.226. The SMILES string of the molecule is Cc1cc(/C(N)=N/O)nc(SCc2ccc(Cl)cc2)n1. The van der Waals surface area contributed by atoms with E-state index in [9.17, 15) is 0 Å². The minimum Gasteiger partial charge on any atom is -0.409 e. The third kappa shape index (κ3) is 3.85. The average Bonchev–Trinajstić information content (AvgIpc) is 2.45. The van der Waals surface area contributed by atoms with Crippen LogP contribution in [0.5, 0.6) is 0 Å². The van der Waals surface area contributed by atoms with Gasteiger partial charge in [-0.2, -0.15) is 0 Å². The van der Waals surface area contributed by atoms with E-state index in [4.69, 9.17) is 22.5 Å². The van der Waals surface area contributed by atoms with Crippen molar-refractivity contribution in [3.8, 4) is 0 Å². The number of halogens is 1. The summed E-state index contributed by atoms with van der Waals surface area (Å²) in [6, 6.07) is 9.26. The van der Waals surface area contributed by atoms with Crippen molar-refractivity contribution in [2.75, 3.05) is 0 Å². The number of amidine groups is 1. The van der Waals surface area contributed by atoms with Crippen LogP contribution in [0.15, 0.2) is 40.6 Å². The Hall–Kier alpha value is -1.79. The second-order valence-corrected chi connectivity index (χ2v) is 5.46. The summed E-state index contributed by atoms with van der Waals surface area (Å²) in [5, 5.41) is 12.9. The molecule has 104 valence electrons. The average molecular weight is 309 g/mol. The van der Waals surface area contributed by atoms with Crippen molar-refractivity contribution in [1.29, 1.82) is 0 Å². The molecule has 2 aromatic rings. The summed E-state index contributed by atoms with van der Waals surface area (Å²) >= 11 is 7.32. The standard InChI is InChI=1S/C13H13ClN4OS/c1-8-6-11(12(15)18-19)17-13(16-8)20-7-9-2-4-10(14)5-3-9/h2-6,19H,7H2,1H3,(H2,15,18). The van der Waals surface area contributed by atoms with Gasteiger partial charge >= 0.3 is 0 Å². The predicted molar refractivity (Wildman–Crippen MR) is 80.3 cm³/mol. The number of aromatic nitrogens is 2. The highest BCUT2D eigenvalue weighted by atomic mass is 35.5. The fourth-order valence-corrected chi connectivity index (χ4v) is 2.50. The maximum Gasteiger partial charge on any atom is 0.188 e. The molecular formula is C13H13ClN4OS. The summed E-state index contributed by atoms with van der Waals surface area (Å²) in [7, 11) is 0. The summed E-state index contributed by atoms with van der Waals surface area (Å²) in [5.74, 6) is 0.694. The topological polar surface area (TPSA) is 84.4 Å². The maximum absolute atomic E-state index is 8.69. The van der Waals surface area contributed by atoms with E-state index < -0.39 is 0 Å². The number of benzene rings is 1. The van der Waals surface area contributed by atoms with E-state index in [0.717, 1.165) is 17.0 Å². The molecule has 0 aliphatic heterocycles. The number of hydrogen-bond acceptors (Lipinski definition) is 5. The van der Waals surface area contributed by atoms with Gasteiger partial charge in [-0.3, -0.25) is 0 Å². The van der Waals surface area contributed by atoms with Crippen LogP contribution in [-0.2, 0) is 5.75 Å². The van der Waals surface area contributed by atoms with Crippen LogP contribution < -0.4 is 5.73 Å². The van der Waals surface area contributed by atoms with Crippen LogP contribution in [0.25, 0.3) is 0 Å². The molecule has 0 radical (unpaired) electrons. The molecule has 1 aromatic carbocycles. The highest BCUT2D eigenvalue weighted by molar-refractivity contribution is 7.98. The number of nitrogens with two attached hydrogens (primary N) is 1. The van der Waals surface area contributed by atoms with E-state index in [1.165, 1.54) is 11.8 Å². The van der Waals surface area contributed by atoms with Gasteiger partial charge in [0.05, 0.1) is 0 Å². The van der Waals surface area contributed by atoms with Crippen molar-refractivity contribution in [2.24, 2.45) is 10.9 Å². The monoisotopic (exact) mass is 308 g/mol. The van der Waals surface area contributed by atoms with Crippen LogP contribution in [0, 0.1) is 6.92 Å². The van der Waals surface area contributed by atoms with Crippen molar-refractivity contribution >= 4 is 29.2 Å². The van der Waals surface area contributed by atoms with Crippen molar-refractivity contribution in [2.45, 2.75) is 17.8 Å². The summed E-state index contributed by atoms with van der Waals surface area (Å²) in [4.78, 5) is 8.56. The number of hydrogen-bond donors (Lipinski definition) is 2. The fourth-order valence-electron chi connectivity index (χ4n) is 1.52. The molecule has 0 fully saturated rings. The van der Waals surface area contributed by atoms with E-state index in [1.807, 2.05) is 31.2 Å². The number of thioether (sulfide) groups is 1. The molecule has 1 aromatic heterocycles. The van der Waals surface area contributed by atoms with Crippen LogP contribution in [0.2, 0.25) is 5.02 Å². The normalized spacial score (nSPS) is 11.6. The molecule has 0 atom stereocenters. The summed E-state index contributed by atoms with van der Waals surface area (Å²) in [6.45, 7) is 1.84. The Balaban J connectivity index is 2.13. The molecule has 0 saturated heterocycles. The van der Waals surface area contributed by atoms with E-state index in [2.05, 4.69) is 15.1 Å². The molecule has 0 bridgehead atoms. The fraction of sp³-hybridized carbons (Fsp3) is 0.154. The zero-order valence-corrected chi connectivity index (χ0v) is 12.3. The largest absolute Gasteiger partial charge is 0.409 e. The van der Waals surface area contributed by atoms with Gasteiger partial charge in [-0.25, -0.2) is 9.97 Å². The number of rotatable bonds is 4. The van der Waals surface area contributed by atoms with Gasteiger partial charge in [-0.1, -0.05) is 40.7 Å². The third-order valence-corrected chi connectivity index (χ3v) is 3.66. The maximum atomic E-state index is 8.69. The Kier molecular flexibility index (Phi) is 4.81. The molecule has 0 unspecified atom stereocenters. The number of aryl methyl sites for hydroxylation is 1. The zero-order valence-electron chi connectivity index (χ0n) is 10.7. The van der Waals surface area contributed by atoms with Crippen LogP contribution in [-0.4, -0.2) is 21.0 Å². The lowest BCUT2D eigenvalue weighted by Crippen LogP contribution is -2.16. The van der Waals surface area contributed by atoms with Crippen molar-refractivity contribution in [3.05, 3.63) is 52.3 Å². The van der Waals surface area contributed by atoms with Gasteiger partial charge in [-0.05, 0) is 30.7 Å². The van der Waals surface area contributed by atoms with Crippen molar-refractivity contribution in [3.63, 3.8) is 0 Å². The lowest BCUT2D eigenvalue weighted by Gasteiger charge is -2.05. The molecule has 0 amide bonds. The molecule has 7 heteroatoms. The molecule has 2 rings (SSSR count). The lowest BCUT2D eigenvalue weighted by atomic mass is 10.2. The molecule has 0 spiro atoms. The summed E-state index contributed by atoms with van der Waals surface area (Å²) < 4.78 is 0. The van der Waals surface area contributed by atoms with E-state index in [1.54, 1.807) is 6.07 Å². The third-order valence-electron chi connectivity index (χ3n) is 2.49. The minimum absolute atomic E-state index is 0.0242. The van der Waals surface area contributed by atoms with Gasteiger partial charge in [0.25, 0.3) is 0 Å². The highest BCUT2D eigenvalue weighted by Crippen LogP contribution is 2.21. The first-order valence-corrected chi connectivity index (χ1v) is 7.15. The highest BCUT2D eigenvalue weighted by Gasteiger charge is 2.07. The molecule has 3 N–H and O–H groups in total. The number of nitrogens with zero attached hydrogens (tertiary/aromatic N) is 3. The van der Waals surface area contributed by atoms with Gasteiger partial charge in [0, 0.05) is 16.5 Å². The predicted octanol–water partition coefficient (Wildman–Crippen LogP) is 2.83. The molecule has 0 aliphatic carbocycles. The van der Waals surface area contributed by atoms with Gasteiger partial charge in [0.1, 0.15) is 5.69 Å². The molecule has 1 heterocycles. The first-order chi connectivity index (χ1) is 9.58. The van der Waals surface area contributed by atoms with E-state index in [0.29, 0.717) is 15.9 Å². The van der Waals surface area contributed by atoms with Gasteiger partial charge in [0.2, 0.25) is 0 Å². The minimum atomic E-state index is -0.0242. The van der Waals surface area contributed by atoms with Crippen molar-refractivity contribution in [1.82, 2.24) is 9.97 Å². The van der Waals surface area contributed by atoms with Crippen LogP contribution in [0.1, 0.15) is 17.0 Å². The Morgan fingerprint density at radius 2 is 2.05 bits per heavy atom. The lowest BCUT2D eigenvalue weighted by molar-refractivity contribution is 0.318. The van der Waals surface area contributed by atoms with Crippen molar-refractivity contribution < 1.29 is 5.21 Å². The molecule has 5 nitrogen and oxygen atoms in total. The zero-order chi connectivity index (χ0) is 14.5. The number of oxime groups is 1. The smallest absolute Gasteiger partial charge is 0.188 e. The first-order valence-electron chi connectivity index (χ1n) is 5.79. The molecule has 0 aliphatic rings. The van der Waals surface area contributed by atoms with Crippen LogP contribution >= 0.6 is 23.4 Å². The molecule has 0 saturated carbocycles. The Morgan fingerprint density at radius 1 is 1.35 bits per heavy atom. The summed E-state index contributed by atoms with van der Waals surface area (Å²) in [5.41, 5.74) is 7.84. The Labute approximate surface area is 125 Å². The van der Waals surface area contributed by atoms with Gasteiger partial charge in [-0.15, -0.1) is 0 Å². The molecular weight excluding hydrogens is 296 g/mol. The van der Waals surface area contributed by atoms with E-state index >= 15 is 0 Å². The molecule has 20 heavy (non-hydrogen) atoms. The summed E-state index contributed by atoms with van der Waals surface area (Å²) in [6.07, 6.45) is 0. The Morgan fingerprint density at radius 3 is 2.70 bits per heavy atom. The van der Waals surface area contributed by atoms with Crippen LogP contribution in [0.4, 0.5) is 0 Å². The first kappa shape index (κ1) is 14.6. The Bertz CT molecular complexity index is 631. The van der Waals surface area contributed by atoms with E-state index in [-0.39, 0.29) is 5.84 Å². The van der Waals surface area contributed by atoms with Gasteiger partial charge in [0.15, 0.2) is 11.0 Å². The van der Waals surface area contributed by atoms with Crippen LogP contribution in [0.3, 0.4) is 0 Å². The second-order valence-electron chi connectivity index (χ2n) is 4.08. The van der Waals surface area contributed by atoms with Gasteiger partial charge < -0.3 is 10.9 Å². The second kappa shape index (κ2) is 6.58.